The van der Waals surface area contributed by atoms with Gasteiger partial charge < -0.3 is 10.5 Å². The van der Waals surface area contributed by atoms with Crippen LogP contribution in [0.15, 0.2) is 42.9 Å². The summed E-state index contributed by atoms with van der Waals surface area (Å²) in [7, 11) is 0. The topological polar surface area (TPSA) is 61.0 Å². The first-order chi connectivity index (χ1) is 8.86. The minimum Gasteiger partial charge on any atom is -0.371 e. The smallest absolute Gasteiger partial charge is 0.104 e. The summed E-state index contributed by atoms with van der Waals surface area (Å²) < 4.78 is 5.83. The molecular weight excluding hydrogens is 226 g/mol. The summed E-state index contributed by atoms with van der Waals surface area (Å²) in [6.07, 6.45) is 5.81. The molecule has 1 aromatic carbocycles. The second-order valence-electron chi connectivity index (χ2n) is 4.40. The van der Waals surface area contributed by atoms with E-state index in [9.17, 15) is 0 Å². The lowest BCUT2D eigenvalue weighted by Crippen LogP contribution is -2.27. The molecule has 18 heavy (non-hydrogen) atoms. The standard InChI is InChI=1S/C14H15N3O/c15-13(12-9-16-6-7-17-12)14-11-4-2-1-3-10(11)5-8-18-14/h1-4,6-7,9,13-14H,5,8,15H2. The molecule has 2 unspecified atom stereocenters. The van der Waals surface area contributed by atoms with Gasteiger partial charge in [-0.25, -0.2) is 0 Å². The molecule has 0 bridgehead atoms. The molecule has 2 atom stereocenters. The monoisotopic (exact) mass is 241 g/mol. The molecule has 0 saturated heterocycles. The van der Waals surface area contributed by atoms with Gasteiger partial charge in [-0.05, 0) is 17.5 Å². The van der Waals surface area contributed by atoms with Crippen molar-refractivity contribution in [2.75, 3.05) is 6.61 Å². The normalized spacial score (nSPS) is 20.2. The molecule has 2 N–H and O–H groups in total. The van der Waals surface area contributed by atoms with Crippen LogP contribution >= 0.6 is 0 Å². The second-order valence-corrected chi connectivity index (χ2v) is 4.40. The molecule has 0 spiro atoms. The number of fused-ring (bicyclic) bond motifs is 1. The molecule has 4 heteroatoms. The van der Waals surface area contributed by atoms with Crippen LogP contribution in [0.1, 0.15) is 29.0 Å². The lowest BCUT2D eigenvalue weighted by molar-refractivity contribution is 0.0231. The summed E-state index contributed by atoms with van der Waals surface area (Å²) in [5.41, 5.74) is 9.50. The van der Waals surface area contributed by atoms with Crippen LogP contribution in [0.3, 0.4) is 0 Å². The molecule has 2 aromatic rings. The van der Waals surface area contributed by atoms with E-state index in [1.807, 2.05) is 6.07 Å². The fourth-order valence-electron chi connectivity index (χ4n) is 2.36. The SMILES string of the molecule is NC(c1cnccn1)C1OCCc2ccccc21. The Morgan fingerprint density at radius 3 is 3.00 bits per heavy atom. The van der Waals surface area contributed by atoms with Crippen LogP contribution in [0.5, 0.6) is 0 Å². The number of ether oxygens (including phenoxy) is 1. The zero-order valence-electron chi connectivity index (χ0n) is 9.99. The summed E-state index contributed by atoms with van der Waals surface area (Å²) in [5, 5.41) is 0. The summed E-state index contributed by atoms with van der Waals surface area (Å²) in [6.45, 7) is 0.704. The number of nitrogens with zero attached hydrogens (tertiary/aromatic N) is 2. The fraction of sp³-hybridized carbons (Fsp3) is 0.286. The first-order valence-electron chi connectivity index (χ1n) is 6.07. The van der Waals surface area contributed by atoms with E-state index in [0.29, 0.717) is 6.61 Å². The van der Waals surface area contributed by atoms with E-state index in [0.717, 1.165) is 12.1 Å². The van der Waals surface area contributed by atoms with Crippen molar-refractivity contribution in [3.05, 3.63) is 59.7 Å². The minimum absolute atomic E-state index is 0.133. The molecule has 92 valence electrons. The Bertz CT molecular complexity index is 530. The Kier molecular flexibility index (Phi) is 3.04. The van der Waals surface area contributed by atoms with E-state index < -0.39 is 0 Å². The summed E-state index contributed by atoms with van der Waals surface area (Å²) >= 11 is 0. The van der Waals surface area contributed by atoms with E-state index in [4.69, 9.17) is 10.5 Å². The Labute approximate surface area is 106 Å². The third kappa shape index (κ3) is 2.00. The second kappa shape index (κ2) is 4.84. The van der Waals surface area contributed by atoms with Crippen LogP contribution in [0.25, 0.3) is 0 Å². The van der Waals surface area contributed by atoms with Crippen molar-refractivity contribution in [3.63, 3.8) is 0 Å². The van der Waals surface area contributed by atoms with E-state index >= 15 is 0 Å². The van der Waals surface area contributed by atoms with Crippen molar-refractivity contribution in [1.82, 2.24) is 9.97 Å². The van der Waals surface area contributed by atoms with Crippen molar-refractivity contribution in [3.8, 4) is 0 Å². The Balaban J connectivity index is 1.94. The largest absolute Gasteiger partial charge is 0.371 e. The molecule has 0 radical (unpaired) electrons. The number of hydrogen-bond acceptors (Lipinski definition) is 4. The van der Waals surface area contributed by atoms with Gasteiger partial charge in [0.25, 0.3) is 0 Å². The maximum atomic E-state index is 6.26. The number of rotatable bonds is 2. The average molecular weight is 241 g/mol. The molecule has 0 amide bonds. The highest BCUT2D eigenvalue weighted by Gasteiger charge is 2.28. The van der Waals surface area contributed by atoms with Gasteiger partial charge in [0.05, 0.1) is 24.5 Å². The summed E-state index contributed by atoms with van der Waals surface area (Å²) in [4.78, 5) is 8.32. The lowest BCUT2D eigenvalue weighted by Gasteiger charge is -2.30. The molecule has 0 aliphatic carbocycles. The van der Waals surface area contributed by atoms with E-state index in [1.165, 1.54) is 11.1 Å². The van der Waals surface area contributed by atoms with Gasteiger partial charge in [0.2, 0.25) is 0 Å². The number of aromatic nitrogens is 2. The molecule has 0 saturated carbocycles. The van der Waals surface area contributed by atoms with Crippen LogP contribution in [0, 0.1) is 0 Å². The van der Waals surface area contributed by atoms with Crippen LogP contribution in [0.4, 0.5) is 0 Å². The number of hydrogen-bond donors (Lipinski definition) is 1. The van der Waals surface area contributed by atoms with Gasteiger partial charge in [0.1, 0.15) is 6.10 Å². The minimum atomic E-state index is -0.278. The van der Waals surface area contributed by atoms with Gasteiger partial charge in [-0.15, -0.1) is 0 Å². The summed E-state index contributed by atoms with van der Waals surface area (Å²) in [6, 6.07) is 8.00. The van der Waals surface area contributed by atoms with Gasteiger partial charge >= 0.3 is 0 Å². The Morgan fingerprint density at radius 2 is 2.17 bits per heavy atom. The van der Waals surface area contributed by atoms with E-state index in [-0.39, 0.29) is 12.1 Å². The quantitative estimate of drug-likeness (QED) is 0.870. The van der Waals surface area contributed by atoms with E-state index in [2.05, 4.69) is 28.2 Å². The molecule has 1 aliphatic heterocycles. The van der Waals surface area contributed by atoms with Gasteiger partial charge in [-0.1, -0.05) is 24.3 Å². The van der Waals surface area contributed by atoms with E-state index in [1.54, 1.807) is 18.6 Å². The molecule has 1 aromatic heterocycles. The van der Waals surface area contributed by atoms with Crippen LogP contribution in [-0.2, 0) is 11.2 Å². The van der Waals surface area contributed by atoms with Crippen molar-refractivity contribution in [1.29, 1.82) is 0 Å². The van der Waals surface area contributed by atoms with Crippen LogP contribution < -0.4 is 5.73 Å². The highest BCUT2D eigenvalue weighted by atomic mass is 16.5. The predicted octanol–water partition coefficient (Wildman–Crippen LogP) is 1.79. The maximum absolute atomic E-state index is 6.26. The van der Waals surface area contributed by atoms with Crippen molar-refractivity contribution in [2.24, 2.45) is 5.73 Å². The third-order valence-electron chi connectivity index (χ3n) is 3.28. The molecule has 2 heterocycles. The van der Waals surface area contributed by atoms with Gasteiger partial charge in [-0.2, -0.15) is 0 Å². The maximum Gasteiger partial charge on any atom is 0.104 e. The van der Waals surface area contributed by atoms with Crippen molar-refractivity contribution >= 4 is 0 Å². The molecule has 3 rings (SSSR count). The van der Waals surface area contributed by atoms with Crippen molar-refractivity contribution in [2.45, 2.75) is 18.6 Å². The molecular formula is C14H15N3O. The van der Waals surface area contributed by atoms with Crippen LogP contribution in [-0.4, -0.2) is 16.6 Å². The van der Waals surface area contributed by atoms with Gasteiger partial charge in [-0.3, -0.25) is 9.97 Å². The highest BCUT2D eigenvalue weighted by Crippen LogP contribution is 2.34. The zero-order chi connectivity index (χ0) is 12.4. The Morgan fingerprint density at radius 1 is 1.28 bits per heavy atom. The number of nitrogens with two attached hydrogens (primary N) is 1. The third-order valence-corrected chi connectivity index (χ3v) is 3.28. The zero-order valence-corrected chi connectivity index (χ0v) is 9.99. The van der Waals surface area contributed by atoms with Gasteiger partial charge in [0.15, 0.2) is 0 Å². The first kappa shape index (κ1) is 11.3. The summed E-state index contributed by atoms with van der Waals surface area (Å²) in [5.74, 6) is 0. The number of benzene rings is 1. The Hall–Kier alpha value is -1.78. The predicted molar refractivity (Wildman–Crippen MR) is 67.8 cm³/mol. The molecule has 1 aliphatic rings. The molecule has 4 nitrogen and oxygen atoms in total. The fourth-order valence-corrected chi connectivity index (χ4v) is 2.36. The average Bonchev–Trinajstić information content (AvgIpc) is 2.47. The first-order valence-corrected chi connectivity index (χ1v) is 6.07. The highest BCUT2D eigenvalue weighted by molar-refractivity contribution is 5.32. The van der Waals surface area contributed by atoms with Gasteiger partial charge in [0, 0.05) is 12.4 Å². The van der Waals surface area contributed by atoms with Crippen LogP contribution in [0.2, 0.25) is 0 Å². The lowest BCUT2D eigenvalue weighted by atomic mass is 9.92. The molecule has 0 fully saturated rings. The van der Waals surface area contributed by atoms with Crippen molar-refractivity contribution < 1.29 is 4.74 Å².